The molecule has 4 aromatic carbocycles. The van der Waals surface area contributed by atoms with E-state index in [1.165, 1.54) is 0 Å². The van der Waals surface area contributed by atoms with Gasteiger partial charge in [-0.3, -0.25) is 9.97 Å². The Hall–Kier alpha value is -6.31. The third-order valence-corrected chi connectivity index (χ3v) is 8.33. The van der Waals surface area contributed by atoms with E-state index in [1.54, 1.807) is 50.1 Å². The normalized spacial score (nSPS) is 10.8. The number of benzene rings is 4. The number of halogens is 1. The number of phenols is 1. The zero-order valence-electron chi connectivity index (χ0n) is 26.3. The van der Waals surface area contributed by atoms with Crippen LogP contribution in [0.1, 0.15) is 11.1 Å². The van der Waals surface area contributed by atoms with E-state index in [2.05, 4.69) is 42.2 Å². The van der Waals surface area contributed by atoms with Crippen molar-refractivity contribution < 1.29 is 14.6 Å². The number of aromatic nitrogens is 3. The summed E-state index contributed by atoms with van der Waals surface area (Å²) in [4.78, 5) is 10.7. The highest BCUT2D eigenvalue weighted by Gasteiger charge is 2.21. The van der Waals surface area contributed by atoms with Gasteiger partial charge in [-0.05, 0) is 78.4 Å². The largest absolute Gasteiger partial charge is 0.508 e. The molecule has 0 atom stereocenters. The maximum atomic E-state index is 10.8. The lowest BCUT2D eigenvalue weighted by molar-refractivity contribution is 0.306. The minimum atomic E-state index is 0.0932. The van der Waals surface area contributed by atoms with E-state index in [-0.39, 0.29) is 5.75 Å². The van der Waals surface area contributed by atoms with Gasteiger partial charge in [0.2, 0.25) is 0 Å². The lowest BCUT2D eigenvalue weighted by Gasteiger charge is -2.25. The molecule has 2 N–H and O–H groups in total. The predicted octanol–water partition coefficient (Wildman–Crippen LogP) is 9.56. The fourth-order valence-electron chi connectivity index (χ4n) is 5.65. The number of hydrogen-bond acceptors (Lipinski definition) is 8. The summed E-state index contributed by atoms with van der Waals surface area (Å²) in [6.07, 6.45) is 8.94. The number of ether oxygens (including phenoxy) is 2. The van der Waals surface area contributed by atoms with Crippen molar-refractivity contribution in [3.63, 3.8) is 0 Å². The molecular weight excluding hydrogens is 680 g/mol. The van der Waals surface area contributed by atoms with Gasteiger partial charge in [-0.25, -0.2) is 0 Å². The number of nitrogens with one attached hydrogen (secondary N) is 1. The Bertz CT molecular complexity index is 2290. The molecule has 0 unspecified atom stereocenters. The number of methoxy groups -OCH3 is 1. The molecule has 0 amide bonds. The molecule has 240 valence electrons. The van der Waals surface area contributed by atoms with Gasteiger partial charge in [-0.1, -0.05) is 28.1 Å². The summed E-state index contributed by atoms with van der Waals surface area (Å²) in [6.45, 7) is 0.366. The Kier molecular flexibility index (Phi) is 8.82. The van der Waals surface area contributed by atoms with E-state index in [9.17, 15) is 10.4 Å². The third kappa shape index (κ3) is 6.88. The summed E-state index contributed by atoms with van der Waals surface area (Å²) in [7, 11) is 1.64. The molecule has 7 aromatic rings. The number of nitriles is 1. The van der Waals surface area contributed by atoms with Gasteiger partial charge in [-0.2, -0.15) is 5.26 Å². The van der Waals surface area contributed by atoms with Crippen LogP contribution >= 0.6 is 15.9 Å². The van der Waals surface area contributed by atoms with Crippen molar-refractivity contribution in [2.45, 2.75) is 6.61 Å². The van der Waals surface area contributed by atoms with Crippen molar-refractivity contribution in [1.82, 2.24) is 14.5 Å². The molecule has 0 saturated carbocycles. The van der Waals surface area contributed by atoms with Crippen LogP contribution < -0.4 is 19.7 Å². The average molecular weight is 710 g/mol. The van der Waals surface area contributed by atoms with Crippen LogP contribution in [0.5, 0.6) is 17.2 Å². The van der Waals surface area contributed by atoms with E-state index in [4.69, 9.17) is 9.47 Å². The second-order valence-corrected chi connectivity index (χ2v) is 12.1. The molecule has 0 aliphatic heterocycles. The van der Waals surface area contributed by atoms with Gasteiger partial charge in [0.1, 0.15) is 23.9 Å². The van der Waals surface area contributed by atoms with E-state index in [1.807, 2.05) is 95.7 Å². The van der Waals surface area contributed by atoms with Gasteiger partial charge in [0, 0.05) is 52.3 Å². The van der Waals surface area contributed by atoms with Crippen LogP contribution in [0.2, 0.25) is 0 Å². The highest BCUT2D eigenvalue weighted by Crippen LogP contribution is 2.43. The number of fused-ring (bicyclic) bond motifs is 1. The molecular formula is C39H29BrN6O3. The molecule has 0 spiro atoms. The van der Waals surface area contributed by atoms with Crippen molar-refractivity contribution >= 4 is 55.3 Å². The first-order chi connectivity index (χ1) is 24.0. The first-order valence-corrected chi connectivity index (χ1v) is 16.1. The second-order valence-electron chi connectivity index (χ2n) is 11.2. The van der Waals surface area contributed by atoms with Crippen molar-refractivity contribution in [3.8, 4) is 29.0 Å². The van der Waals surface area contributed by atoms with Crippen LogP contribution in [0.15, 0.2) is 139 Å². The zero-order valence-corrected chi connectivity index (χ0v) is 27.9. The summed E-state index contributed by atoms with van der Waals surface area (Å²) >= 11 is 3.70. The Morgan fingerprint density at radius 3 is 2.41 bits per heavy atom. The van der Waals surface area contributed by atoms with Gasteiger partial charge in [0.25, 0.3) is 0 Å². The minimum Gasteiger partial charge on any atom is -0.508 e. The van der Waals surface area contributed by atoms with Crippen LogP contribution in [-0.2, 0) is 6.61 Å². The van der Waals surface area contributed by atoms with Crippen LogP contribution in [0.25, 0.3) is 16.6 Å². The molecule has 49 heavy (non-hydrogen) atoms. The smallest absolute Gasteiger partial charge is 0.123 e. The number of phenolic OH excluding ortho intramolecular Hbond substituents is 1. The molecule has 0 aliphatic rings. The van der Waals surface area contributed by atoms with E-state index < -0.39 is 0 Å². The van der Waals surface area contributed by atoms with Gasteiger partial charge in [-0.15, -0.1) is 0 Å². The maximum absolute atomic E-state index is 10.8. The third-order valence-electron chi connectivity index (χ3n) is 7.87. The second kappa shape index (κ2) is 13.8. The standard InChI is InChI=1S/C39H29BrN6O3/c1-48-35-9-6-26(7-10-35)25-49-36-16-28(40)15-33(20-36)46(31-5-3-13-43-23-31)39-24-45(38-11-8-27(21-41)14-37(38)39)32-17-30(18-34(47)19-32)44-29-4-2-12-42-22-29/h2-20,22-24,44,47H,25H2,1H3. The molecule has 3 aromatic heterocycles. The van der Waals surface area contributed by atoms with Crippen molar-refractivity contribution in [3.05, 3.63) is 150 Å². The molecule has 0 saturated heterocycles. The molecule has 0 fully saturated rings. The topological polar surface area (TPSA) is 108 Å². The van der Waals surface area contributed by atoms with Gasteiger partial charge in [0.15, 0.2) is 0 Å². The monoisotopic (exact) mass is 708 g/mol. The first kappa shape index (κ1) is 31.3. The summed E-state index contributed by atoms with van der Waals surface area (Å²) in [6, 6.07) is 34.5. The summed E-state index contributed by atoms with van der Waals surface area (Å²) in [5.74, 6) is 1.54. The quantitative estimate of drug-likeness (QED) is 0.145. The number of hydrogen-bond donors (Lipinski definition) is 2. The summed E-state index contributed by atoms with van der Waals surface area (Å²) in [5.41, 5.74) is 6.97. The summed E-state index contributed by atoms with van der Waals surface area (Å²) < 4.78 is 14.4. The van der Waals surface area contributed by atoms with Crippen LogP contribution in [0.3, 0.4) is 0 Å². The van der Waals surface area contributed by atoms with Crippen molar-refractivity contribution in [1.29, 1.82) is 5.26 Å². The highest BCUT2D eigenvalue weighted by atomic mass is 79.9. The molecule has 0 radical (unpaired) electrons. The molecule has 0 bridgehead atoms. The number of nitrogens with zero attached hydrogens (tertiary/aromatic N) is 5. The molecule has 9 nitrogen and oxygen atoms in total. The Labute approximate surface area is 291 Å². The molecule has 7 rings (SSSR count). The average Bonchev–Trinajstić information content (AvgIpc) is 3.50. The van der Waals surface area contributed by atoms with E-state index >= 15 is 0 Å². The molecule has 3 heterocycles. The number of pyridine rings is 2. The van der Waals surface area contributed by atoms with E-state index in [0.29, 0.717) is 23.6 Å². The van der Waals surface area contributed by atoms with Gasteiger partial charge >= 0.3 is 0 Å². The van der Waals surface area contributed by atoms with Crippen molar-refractivity contribution in [2.24, 2.45) is 0 Å². The number of aromatic hydroxyl groups is 1. The number of rotatable bonds is 10. The van der Waals surface area contributed by atoms with Crippen LogP contribution in [0.4, 0.5) is 28.4 Å². The zero-order chi connectivity index (χ0) is 33.7. The van der Waals surface area contributed by atoms with Gasteiger partial charge < -0.3 is 29.4 Å². The fourth-order valence-corrected chi connectivity index (χ4v) is 6.11. The minimum absolute atomic E-state index is 0.0932. The predicted molar refractivity (Wildman–Crippen MR) is 195 cm³/mol. The maximum Gasteiger partial charge on any atom is 0.123 e. The highest BCUT2D eigenvalue weighted by molar-refractivity contribution is 9.10. The lowest BCUT2D eigenvalue weighted by Crippen LogP contribution is -2.10. The van der Waals surface area contributed by atoms with Crippen LogP contribution in [0, 0.1) is 11.3 Å². The number of anilines is 5. The van der Waals surface area contributed by atoms with E-state index in [0.717, 1.165) is 55.1 Å². The Morgan fingerprint density at radius 1 is 0.857 bits per heavy atom. The molecule has 0 aliphatic carbocycles. The lowest BCUT2D eigenvalue weighted by atomic mass is 10.1. The first-order valence-electron chi connectivity index (χ1n) is 15.3. The molecule has 10 heteroatoms. The van der Waals surface area contributed by atoms with Crippen LogP contribution in [-0.4, -0.2) is 26.8 Å². The van der Waals surface area contributed by atoms with Crippen molar-refractivity contribution in [2.75, 3.05) is 17.3 Å². The SMILES string of the molecule is COc1ccc(COc2cc(Br)cc(N(c3cccnc3)c3cn(-c4cc(O)cc(Nc5cccnc5)c4)c4ccc(C#N)cc34)c2)cc1. The Morgan fingerprint density at radius 2 is 1.67 bits per heavy atom. The fraction of sp³-hybridized carbons (Fsp3) is 0.0513. The van der Waals surface area contributed by atoms with Gasteiger partial charge in [0.05, 0.1) is 65.1 Å². The summed E-state index contributed by atoms with van der Waals surface area (Å²) in [5, 5.41) is 24.9. The Balaban J connectivity index is 1.35.